The maximum absolute atomic E-state index is 11.4. The van der Waals surface area contributed by atoms with Gasteiger partial charge in [0.1, 0.15) is 5.75 Å². The molecule has 0 radical (unpaired) electrons. The second-order valence-corrected chi connectivity index (χ2v) is 8.45. The van der Waals surface area contributed by atoms with E-state index >= 15 is 0 Å². The fourth-order valence-electron chi connectivity index (χ4n) is 4.42. The molecule has 0 saturated carbocycles. The molecular weight excluding hydrogens is 374 g/mol. The van der Waals surface area contributed by atoms with Crippen molar-refractivity contribution in [3.63, 3.8) is 0 Å². The number of piperazine rings is 1. The van der Waals surface area contributed by atoms with Gasteiger partial charge < -0.3 is 14.6 Å². The van der Waals surface area contributed by atoms with Crippen LogP contribution in [0.15, 0.2) is 59.4 Å². The van der Waals surface area contributed by atoms with Gasteiger partial charge in [0.15, 0.2) is 0 Å². The Morgan fingerprint density at radius 2 is 1.73 bits per heavy atom. The van der Waals surface area contributed by atoms with Crippen molar-refractivity contribution in [3.05, 3.63) is 70.5 Å². The zero-order valence-corrected chi connectivity index (χ0v) is 18.1. The lowest BCUT2D eigenvalue weighted by molar-refractivity contribution is 0.122. The van der Waals surface area contributed by atoms with Gasteiger partial charge in [0.25, 0.3) is 0 Å². The van der Waals surface area contributed by atoms with Crippen LogP contribution in [0.1, 0.15) is 25.8 Å². The number of nitrogens with zero attached hydrogens (tertiary/aromatic N) is 2. The number of aryl methyl sites for hydroxylation is 1. The molecule has 1 aliphatic heterocycles. The number of fused-ring (bicyclic) bond motifs is 1. The number of rotatable bonds is 6. The van der Waals surface area contributed by atoms with E-state index < -0.39 is 0 Å². The molecule has 0 spiro atoms. The van der Waals surface area contributed by atoms with Gasteiger partial charge >= 0.3 is 0 Å². The summed E-state index contributed by atoms with van der Waals surface area (Å²) >= 11 is 0. The molecule has 4 rings (SSSR count). The van der Waals surface area contributed by atoms with Crippen molar-refractivity contribution in [1.29, 1.82) is 0 Å². The molecular formula is C25H31N3O2. The van der Waals surface area contributed by atoms with Crippen LogP contribution < -0.4 is 15.2 Å². The van der Waals surface area contributed by atoms with E-state index in [0.29, 0.717) is 18.7 Å². The Bertz CT molecular complexity index is 1030. The molecule has 2 atom stereocenters. The van der Waals surface area contributed by atoms with Crippen LogP contribution in [0.3, 0.4) is 0 Å². The normalized spacial score (nSPS) is 19.9. The predicted molar refractivity (Wildman–Crippen MR) is 124 cm³/mol. The molecule has 1 N–H and O–H groups in total. The summed E-state index contributed by atoms with van der Waals surface area (Å²) in [5.41, 5.74) is 3.38. The number of benzene rings is 2. The second-order valence-electron chi connectivity index (χ2n) is 8.45. The number of nitrogens with one attached hydrogen (secondary N) is 1. The van der Waals surface area contributed by atoms with Crippen molar-refractivity contribution < 1.29 is 4.74 Å². The van der Waals surface area contributed by atoms with E-state index in [1.807, 2.05) is 24.3 Å². The predicted octanol–water partition coefficient (Wildman–Crippen LogP) is 4.20. The van der Waals surface area contributed by atoms with Crippen LogP contribution >= 0.6 is 0 Å². The SMILES string of the molecule is Cc1ccc(N2CC(C)N(CCCOc3ccc4[nH]c(=O)ccc4c3)C(C)C2)cc1. The van der Waals surface area contributed by atoms with Crippen molar-refractivity contribution in [3.8, 4) is 5.75 Å². The van der Waals surface area contributed by atoms with E-state index in [9.17, 15) is 4.79 Å². The Kier molecular flexibility index (Phi) is 6.09. The number of pyridine rings is 1. The third-order valence-electron chi connectivity index (χ3n) is 6.03. The van der Waals surface area contributed by atoms with E-state index in [1.165, 1.54) is 11.3 Å². The monoisotopic (exact) mass is 405 g/mol. The minimum absolute atomic E-state index is 0.0816. The third-order valence-corrected chi connectivity index (χ3v) is 6.03. The lowest BCUT2D eigenvalue weighted by atomic mass is 10.1. The number of aromatic amines is 1. The molecule has 2 heterocycles. The van der Waals surface area contributed by atoms with Gasteiger partial charge in [0.2, 0.25) is 5.56 Å². The van der Waals surface area contributed by atoms with Crippen molar-refractivity contribution in [2.75, 3.05) is 31.1 Å². The highest BCUT2D eigenvalue weighted by Crippen LogP contribution is 2.23. The van der Waals surface area contributed by atoms with Gasteiger partial charge in [-0.3, -0.25) is 9.69 Å². The molecule has 2 unspecified atom stereocenters. The molecule has 30 heavy (non-hydrogen) atoms. The molecule has 5 nitrogen and oxygen atoms in total. The van der Waals surface area contributed by atoms with Gasteiger partial charge in [-0.1, -0.05) is 17.7 Å². The largest absolute Gasteiger partial charge is 0.494 e. The van der Waals surface area contributed by atoms with Crippen molar-refractivity contribution in [2.45, 2.75) is 39.3 Å². The highest BCUT2D eigenvalue weighted by Gasteiger charge is 2.29. The van der Waals surface area contributed by atoms with Crippen molar-refractivity contribution in [2.24, 2.45) is 0 Å². The zero-order chi connectivity index (χ0) is 21.1. The minimum atomic E-state index is -0.0816. The van der Waals surface area contributed by atoms with Crippen LogP contribution in [-0.2, 0) is 0 Å². The summed E-state index contributed by atoms with van der Waals surface area (Å²) in [5, 5.41) is 0.988. The maximum Gasteiger partial charge on any atom is 0.248 e. The lowest BCUT2D eigenvalue weighted by Gasteiger charge is -2.45. The first kappa shape index (κ1) is 20.5. The third kappa shape index (κ3) is 4.68. The van der Waals surface area contributed by atoms with Crippen molar-refractivity contribution in [1.82, 2.24) is 9.88 Å². The molecule has 5 heteroatoms. The second kappa shape index (κ2) is 8.92. The summed E-state index contributed by atoms with van der Waals surface area (Å²) in [6, 6.07) is 19.1. The summed E-state index contributed by atoms with van der Waals surface area (Å²) in [4.78, 5) is 19.3. The highest BCUT2D eigenvalue weighted by atomic mass is 16.5. The Balaban J connectivity index is 1.28. The Hall–Kier alpha value is -2.79. The van der Waals surface area contributed by atoms with E-state index in [0.717, 1.165) is 42.7 Å². The van der Waals surface area contributed by atoms with Crippen LogP contribution in [-0.4, -0.2) is 48.2 Å². The summed E-state index contributed by atoms with van der Waals surface area (Å²) < 4.78 is 5.98. The van der Waals surface area contributed by atoms with E-state index in [1.54, 1.807) is 6.07 Å². The van der Waals surface area contributed by atoms with Gasteiger partial charge in [-0.25, -0.2) is 0 Å². The quantitative estimate of drug-likeness (QED) is 0.625. The van der Waals surface area contributed by atoms with Crippen LogP contribution in [0.25, 0.3) is 10.9 Å². The molecule has 0 aliphatic carbocycles. The molecule has 1 aromatic heterocycles. The van der Waals surface area contributed by atoms with E-state index in [-0.39, 0.29) is 5.56 Å². The summed E-state index contributed by atoms with van der Waals surface area (Å²) in [6.45, 7) is 10.6. The molecule has 1 saturated heterocycles. The van der Waals surface area contributed by atoms with Gasteiger partial charge in [-0.05, 0) is 63.6 Å². The zero-order valence-electron chi connectivity index (χ0n) is 18.1. The van der Waals surface area contributed by atoms with Gasteiger partial charge in [0.05, 0.1) is 6.61 Å². The molecule has 0 bridgehead atoms. The lowest BCUT2D eigenvalue weighted by Crippen LogP contribution is -2.57. The fourth-order valence-corrected chi connectivity index (χ4v) is 4.42. The van der Waals surface area contributed by atoms with Crippen LogP contribution in [0.2, 0.25) is 0 Å². The van der Waals surface area contributed by atoms with Crippen LogP contribution in [0.4, 0.5) is 5.69 Å². The smallest absolute Gasteiger partial charge is 0.248 e. The van der Waals surface area contributed by atoms with Gasteiger partial charge in [0, 0.05) is 54.4 Å². The minimum Gasteiger partial charge on any atom is -0.494 e. The first-order valence-corrected chi connectivity index (χ1v) is 10.8. The number of hydrogen-bond acceptors (Lipinski definition) is 4. The number of H-pyrrole nitrogens is 1. The number of aromatic nitrogens is 1. The summed E-state index contributed by atoms with van der Waals surface area (Å²) in [5.74, 6) is 0.847. The first-order valence-electron chi connectivity index (χ1n) is 10.8. The van der Waals surface area contributed by atoms with Crippen molar-refractivity contribution >= 4 is 16.6 Å². The van der Waals surface area contributed by atoms with Crippen LogP contribution in [0.5, 0.6) is 5.75 Å². The molecule has 3 aromatic rings. The topological polar surface area (TPSA) is 48.6 Å². The molecule has 2 aromatic carbocycles. The molecule has 1 aliphatic rings. The Morgan fingerprint density at radius 3 is 2.47 bits per heavy atom. The number of anilines is 1. The standard InChI is InChI=1S/C25H31N3O2/c1-18-5-8-22(9-6-18)27-16-19(2)28(20(3)17-27)13-4-14-30-23-10-11-24-21(15-23)7-12-25(29)26-24/h5-12,15,19-20H,4,13-14,16-17H2,1-3H3,(H,26,29). The fraction of sp³-hybridized carbons (Fsp3) is 0.400. The molecule has 1 fully saturated rings. The summed E-state index contributed by atoms with van der Waals surface area (Å²) in [7, 11) is 0. The van der Waals surface area contributed by atoms with Crippen LogP contribution in [0, 0.1) is 6.92 Å². The van der Waals surface area contributed by atoms with Gasteiger partial charge in [-0.15, -0.1) is 0 Å². The first-order chi connectivity index (χ1) is 14.5. The highest BCUT2D eigenvalue weighted by molar-refractivity contribution is 5.79. The molecule has 0 amide bonds. The Labute approximate surface area is 178 Å². The summed E-state index contributed by atoms with van der Waals surface area (Å²) in [6.07, 6.45) is 0.989. The maximum atomic E-state index is 11.4. The van der Waals surface area contributed by atoms with Gasteiger partial charge in [-0.2, -0.15) is 0 Å². The van der Waals surface area contributed by atoms with E-state index in [2.05, 4.69) is 59.8 Å². The average Bonchev–Trinajstić information content (AvgIpc) is 2.73. The van der Waals surface area contributed by atoms with E-state index in [4.69, 9.17) is 4.74 Å². The number of hydrogen-bond donors (Lipinski definition) is 1. The number of ether oxygens (including phenoxy) is 1. The Morgan fingerprint density at radius 1 is 1.00 bits per heavy atom. The molecule has 158 valence electrons. The average molecular weight is 406 g/mol.